The van der Waals surface area contributed by atoms with Gasteiger partial charge in [0.1, 0.15) is 18.1 Å². The van der Waals surface area contributed by atoms with Gasteiger partial charge in [-0.05, 0) is 37.8 Å². The third kappa shape index (κ3) is 11.5. The summed E-state index contributed by atoms with van der Waals surface area (Å²) < 4.78 is 0. The molecule has 0 radical (unpaired) electrons. The Morgan fingerprint density at radius 3 is 2.22 bits per heavy atom. The zero-order valence-corrected chi connectivity index (χ0v) is 21.0. The van der Waals surface area contributed by atoms with Crippen LogP contribution in [0.4, 0.5) is 0 Å². The van der Waals surface area contributed by atoms with Crippen molar-refractivity contribution < 1.29 is 29.1 Å². The van der Waals surface area contributed by atoms with Crippen LogP contribution in [0.15, 0.2) is 12.5 Å². The molecule has 0 aliphatic rings. The molecule has 4 unspecified atom stereocenters. The molecular formula is C21H36N8O6S. The maximum atomic E-state index is 12.9. The van der Waals surface area contributed by atoms with Crippen molar-refractivity contribution >= 4 is 41.4 Å². The van der Waals surface area contributed by atoms with Gasteiger partial charge in [0.2, 0.25) is 23.6 Å². The van der Waals surface area contributed by atoms with E-state index in [0.29, 0.717) is 37.3 Å². The van der Waals surface area contributed by atoms with E-state index < -0.39 is 60.2 Å². The standard InChI is InChI=1S/C21H36N8O6S/c1-36-7-5-14(19(32)29-16(21(34)35)8-12-10-25-11-26-12)27-20(33)15(9-17(24)30)28-18(31)13(23)4-2-3-6-22/h10-11,13-16H,2-9,22-23H2,1H3,(H2,24,30)(H,25,26)(H,27,33)(H,28,31)(H,29,32)(H,34,35). The van der Waals surface area contributed by atoms with Crippen LogP contribution in [0.2, 0.25) is 0 Å². The number of primary amides is 1. The summed E-state index contributed by atoms with van der Waals surface area (Å²) in [5.41, 5.74) is 17.0. The van der Waals surface area contributed by atoms with E-state index in [1.54, 1.807) is 6.26 Å². The molecule has 36 heavy (non-hydrogen) atoms. The van der Waals surface area contributed by atoms with Crippen molar-refractivity contribution in [2.45, 2.75) is 62.7 Å². The van der Waals surface area contributed by atoms with Gasteiger partial charge in [0.05, 0.1) is 18.8 Å². The first-order chi connectivity index (χ1) is 17.1. The molecular weight excluding hydrogens is 492 g/mol. The van der Waals surface area contributed by atoms with Gasteiger partial charge in [-0.15, -0.1) is 0 Å². The van der Waals surface area contributed by atoms with E-state index in [-0.39, 0.29) is 12.8 Å². The highest BCUT2D eigenvalue weighted by Crippen LogP contribution is 2.06. The van der Waals surface area contributed by atoms with Crippen LogP contribution in [-0.2, 0) is 30.4 Å². The number of carbonyl (C=O) groups excluding carboxylic acids is 4. The van der Waals surface area contributed by atoms with Crippen molar-refractivity contribution in [2.24, 2.45) is 17.2 Å². The van der Waals surface area contributed by atoms with E-state index in [9.17, 15) is 29.1 Å². The van der Waals surface area contributed by atoms with Crippen molar-refractivity contribution in [1.82, 2.24) is 25.9 Å². The van der Waals surface area contributed by atoms with Gasteiger partial charge in [-0.1, -0.05) is 6.42 Å². The van der Waals surface area contributed by atoms with Crippen molar-refractivity contribution in [2.75, 3.05) is 18.6 Å². The van der Waals surface area contributed by atoms with E-state index in [4.69, 9.17) is 17.2 Å². The number of aromatic nitrogens is 2. The number of H-pyrrole nitrogens is 1. The lowest BCUT2D eigenvalue weighted by Crippen LogP contribution is -2.58. The van der Waals surface area contributed by atoms with Crippen molar-refractivity contribution in [3.63, 3.8) is 0 Å². The van der Waals surface area contributed by atoms with E-state index in [1.807, 2.05) is 0 Å². The summed E-state index contributed by atoms with van der Waals surface area (Å²) in [6.45, 7) is 0.450. The fourth-order valence-corrected chi connectivity index (χ4v) is 3.67. The lowest BCUT2D eigenvalue weighted by atomic mass is 10.1. The smallest absolute Gasteiger partial charge is 0.326 e. The van der Waals surface area contributed by atoms with Crippen LogP contribution in [-0.4, -0.2) is 87.4 Å². The molecule has 0 aliphatic carbocycles. The number of imidazole rings is 1. The van der Waals surface area contributed by atoms with Crippen molar-refractivity contribution in [1.29, 1.82) is 0 Å². The summed E-state index contributed by atoms with van der Waals surface area (Å²) in [5.74, 6) is -3.85. The minimum Gasteiger partial charge on any atom is -0.480 e. The number of nitrogens with zero attached hydrogens (tertiary/aromatic N) is 1. The number of carboxylic acid groups (broad SMARTS) is 1. The molecule has 4 atom stereocenters. The Bertz CT molecular complexity index is 869. The molecule has 0 spiro atoms. The fourth-order valence-electron chi connectivity index (χ4n) is 3.19. The van der Waals surface area contributed by atoms with Gasteiger partial charge in [0.15, 0.2) is 0 Å². The van der Waals surface area contributed by atoms with Crippen LogP contribution >= 0.6 is 11.8 Å². The van der Waals surface area contributed by atoms with Crippen molar-refractivity contribution in [3.8, 4) is 0 Å². The second-order valence-corrected chi connectivity index (χ2v) is 9.13. The van der Waals surface area contributed by atoms with Gasteiger partial charge in [0.25, 0.3) is 0 Å². The highest BCUT2D eigenvalue weighted by Gasteiger charge is 2.31. The summed E-state index contributed by atoms with van der Waals surface area (Å²) >= 11 is 1.42. The molecule has 0 bridgehead atoms. The topological polar surface area (TPSA) is 248 Å². The number of nitrogens with two attached hydrogens (primary N) is 3. The predicted octanol–water partition coefficient (Wildman–Crippen LogP) is -2.42. The van der Waals surface area contributed by atoms with Gasteiger partial charge >= 0.3 is 5.97 Å². The first kappa shape index (κ1) is 30.9. The monoisotopic (exact) mass is 528 g/mol. The maximum Gasteiger partial charge on any atom is 0.326 e. The van der Waals surface area contributed by atoms with E-state index in [0.717, 1.165) is 0 Å². The van der Waals surface area contributed by atoms with Gasteiger partial charge in [-0.2, -0.15) is 11.8 Å². The largest absolute Gasteiger partial charge is 0.480 e. The molecule has 14 nitrogen and oxygen atoms in total. The van der Waals surface area contributed by atoms with Crippen LogP contribution in [0.25, 0.3) is 0 Å². The first-order valence-corrected chi connectivity index (χ1v) is 12.8. The molecule has 0 saturated heterocycles. The number of unbranched alkanes of at least 4 members (excludes halogenated alkanes) is 1. The number of amides is 4. The lowest BCUT2D eigenvalue weighted by Gasteiger charge is -2.24. The molecule has 0 saturated carbocycles. The number of hydrogen-bond donors (Lipinski definition) is 8. The average molecular weight is 529 g/mol. The number of thioether (sulfide) groups is 1. The summed E-state index contributed by atoms with van der Waals surface area (Å²) in [6.07, 6.45) is 5.85. The number of carbonyl (C=O) groups is 5. The first-order valence-electron chi connectivity index (χ1n) is 11.4. The quantitative estimate of drug-likeness (QED) is 0.0936. The molecule has 4 amide bonds. The molecule has 0 aromatic carbocycles. The Balaban J connectivity index is 2.92. The Morgan fingerprint density at radius 1 is 1.03 bits per heavy atom. The normalized spacial score (nSPS) is 14.2. The lowest BCUT2D eigenvalue weighted by molar-refractivity contribution is -0.142. The van der Waals surface area contributed by atoms with Crippen LogP contribution in [0.5, 0.6) is 0 Å². The Morgan fingerprint density at radius 2 is 1.67 bits per heavy atom. The summed E-state index contributed by atoms with van der Waals surface area (Å²) in [5, 5.41) is 16.8. The molecule has 11 N–H and O–H groups in total. The number of hydrogen-bond acceptors (Lipinski definition) is 9. The molecule has 15 heteroatoms. The third-order valence-electron chi connectivity index (χ3n) is 5.18. The Hall–Kier alpha value is -3.17. The van der Waals surface area contributed by atoms with Crippen LogP contribution in [0.3, 0.4) is 0 Å². The second kappa shape index (κ2) is 16.5. The molecule has 1 aromatic heterocycles. The summed E-state index contributed by atoms with van der Waals surface area (Å²) in [4.78, 5) is 68.1. The second-order valence-electron chi connectivity index (χ2n) is 8.15. The van der Waals surface area contributed by atoms with Crippen LogP contribution in [0, 0.1) is 0 Å². The maximum absolute atomic E-state index is 12.9. The number of aromatic amines is 1. The summed E-state index contributed by atoms with van der Waals surface area (Å²) in [6, 6.07) is -4.69. The zero-order valence-electron chi connectivity index (χ0n) is 20.2. The molecule has 0 aliphatic heterocycles. The minimum absolute atomic E-state index is 0.0489. The molecule has 1 rings (SSSR count). The van der Waals surface area contributed by atoms with Crippen LogP contribution < -0.4 is 33.2 Å². The van der Waals surface area contributed by atoms with Gasteiger partial charge in [-0.25, -0.2) is 9.78 Å². The van der Waals surface area contributed by atoms with Gasteiger partial charge in [-0.3, -0.25) is 19.2 Å². The Kier molecular flexibility index (Phi) is 14.1. The zero-order chi connectivity index (χ0) is 27.1. The number of rotatable bonds is 18. The number of nitrogens with one attached hydrogen (secondary N) is 4. The average Bonchev–Trinajstić information content (AvgIpc) is 3.33. The summed E-state index contributed by atoms with van der Waals surface area (Å²) in [7, 11) is 0. The predicted molar refractivity (Wildman–Crippen MR) is 133 cm³/mol. The van der Waals surface area contributed by atoms with Gasteiger partial charge < -0.3 is 43.2 Å². The third-order valence-corrected chi connectivity index (χ3v) is 5.83. The Labute approximate surface area is 213 Å². The molecule has 1 heterocycles. The van der Waals surface area contributed by atoms with Crippen molar-refractivity contribution in [3.05, 3.63) is 18.2 Å². The fraction of sp³-hybridized carbons (Fsp3) is 0.619. The molecule has 202 valence electrons. The molecule has 1 aromatic rings. The highest BCUT2D eigenvalue weighted by molar-refractivity contribution is 7.98. The number of aliphatic carboxylic acids is 1. The number of carboxylic acids is 1. The minimum atomic E-state index is -1.36. The van der Waals surface area contributed by atoms with Crippen LogP contribution in [0.1, 0.15) is 37.8 Å². The van der Waals surface area contributed by atoms with E-state index in [2.05, 4.69) is 25.9 Å². The SMILES string of the molecule is CSCCC(NC(=O)C(CC(N)=O)NC(=O)C(N)CCCCN)C(=O)NC(Cc1cnc[nH]1)C(=O)O. The van der Waals surface area contributed by atoms with Gasteiger partial charge in [0, 0.05) is 18.3 Å². The highest BCUT2D eigenvalue weighted by atomic mass is 32.2. The van der Waals surface area contributed by atoms with E-state index >= 15 is 0 Å². The van der Waals surface area contributed by atoms with E-state index in [1.165, 1.54) is 24.3 Å². The molecule has 0 fully saturated rings.